The number of hydrogen-bond acceptors (Lipinski definition) is 2. The normalized spacial score (nSPS) is 14.4. The van der Waals surface area contributed by atoms with Gasteiger partial charge in [-0.3, -0.25) is 0 Å². The SMILES string of the molecule is C=CN1C=CN(CCCCCCCCCCCC)C1. The van der Waals surface area contributed by atoms with Crippen molar-refractivity contribution in [3.8, 4) is 0 Å². The second-order valence-corrected chi connectivity index (χ2v) is 5.63. The fraction of sp³-hybridized carbons (Fsp3) is 0.765. The molecule has 1 heterocycles. The zero-order chi connectivity index (χ0) is 13.8. The van der Waals surface area contributed by atoms with Crippen molar-refractivity contribution < 1.29 is 0 Å². The van der Waals surface area contributed by atoms with Gasteiger partial charge in [-0.05, 0) is 12.6 Å². The Morgan fingerprint density at radius 3 is 2.00 bits per heavy atom. The van der Waals surface area contributed by atoms with Crippen molar-refractivity contribution in [3.63, 3.8) is 0 Å². The summed E-state index contributed by atoms with van der Waals surface area (Å²) in [6, 6.07) is 0. The van der Waals surface area contributed by atoms with Gasteiger partial charge in [0, 0.05) is 18.9 Å². The molecular weight excluding hydrogens is 232 g/mol. The van der Waals surface area contributed by atoms with E-state index in [0.29, 0.717) is 0 Å². The molecule has 0 saturated heterocycles. The quantitative estimate of drug-likeness (QED) is 0.453. The summed E-state index contributed by atoms with van der Waals surface area (Å²) < 4.78 is 0. The first-order valence-corrected chi connectivity index (χ1v) is 8.17. The van der Waals surface area contributed by atoms with Crippen LogP contribution in [0.1, 0.15) is 71.1 Å². The van der Waals surface area contributed by atoms with Gasteiger partial charge in [0.15, 0.2) is 0 Å². The Labute approximate surface area is 120 Å². The predicted octanol–water partition coefficient (Wildman–Crippen LogP) is 5.10. The average molecular weight is 264 g/mol. The van der Waals surface area contributed by atoms with Gasteiger partial charge in [-0.2, -0.15) is 0 Å². The fourth-order valence-electron chi connectivity index (χ4n) is 2.55. The molecule has 0 aliphatic carbocycles. The first-order valence-electron chi connectivity index (χ1n) is 8.17. The van der Waals surface area contributed by atoms with E-state index >= 15 is 0 Å². The third-order valence-electron chi connectivity index (χ3n) is 3.85. The molecule has 0 aromatic rings. The van der Waals surface area contributed by atoms with Crippen LogP contribution in [0.25, 0.3) is 0 Å². The minimum atomic E-state index is 0.987. The molecule has 0 saturated carbocycles. The van der Waals surface area contributed by atoms with E-state index in [2.05, 4.69) is 35.7 Å². The van der Waals surface area contributed by atoms with E-state index in [1.165, 1.54) is 70.8 Å². The molecule has 2 nitrogen and oxygen atoms in total. The monoisotopic (exact) mass is 264 g/mol. The van der Waals surface area contributed by atoms with Crippen LogP contribution in [0.15, 0.2) is 25.2 Å². The Morgan fingerprint density at radius 2 is 1.47 bits per heavy atom. The van der Waals surface area contributed by atoms with E-state index in [4.69, 9.17) is 0 Å². The molecule has 0 radical (unpaired) electrons. The van der Waals surface area contributed by atoms with Crippen LogP contribution < -0.4 is 0 Å². The highest BCUT2D eigenvalue weighted by molar-refractivity contribution is 4.94. The molecule has 0 aromatic heterocycles. The maximum atomic E-state index is 3.78. The van der Waals surface area contributed by atoms with Crippen molar-refractivity contribution in [1.82, 2.24) is 9.80 Å². The summed E-state index contributed by atoms with van der Waals surface area (Å²) in [4.78, 5) is 4.49. The molecule has 0 fully saturated rings. The van der Waals surface area contributed by atoms with Crippen LogP contribution in [0.3, 0.4) is 0 Å². The molecule has 0 amide bonds. The molecule has 0 unspecified atom stereocenters. The lowest BCUT2D eigenvalue weighted by Crippen LogP contribution is -2.22. The highest BCUT2D eigenvalue weighted by Gasteiger charge is 2.07. The number of rotatable bonds is 12. The van der Waals surface area contributed by atoms with E-state index in [9.17, 15) is 0 Å². The van der Waals surface area contributed by atoms with Crippen molar-refractivity contribution in [1.29, 1.82) is 0 Å². The van der Waals surface area contributed by atoms with Crippen molar-refractivity contribution in [3.05, 3.63) is 25.2 Å². The van der Waals surface area contributed by atoms with Gasteiger partial charge in [0.1, 0.15) is 0 Å². The summed E-state index contributed by atoms with van der Waals surface area (Å²) in [6.45, 7) is 8.24. The Hall–Kier alpha value is -0.920. The van der Waals surface area contributed by atoms with Gasteiger partial charge in [-0.25, -0.2) is 0 Å². The highest BCUT2D eigenvalue weighted by Crippen LogP contribution is 2.12. The van der Waals surface area contributed by atoms with Crippen LogP contribution in [0.2, 0.25) is 0 Å². The number of nitrogens with zero attached hydrogens (tertiary/aromatic N) is 2. The van der Waals surface area contributed by atoms with E-state index in [1.807, 2.05) is 6.20 Å². The largest absolute Gasteiger partial charge is 0.358 e. The van der Waals surface area contributed by atoms with Gasteiger partial charge < -0.3 is 9.80 Å². The molecular formula is C17H32N2. The summed E-state index contributed by atoms with van der Waals surface area (Å²) in [5.74, 6) is 0. The van der Waals surface area contributed by atoms with Gasteiger partial charge in [-0.15, -0.1) is 0 Å². The van der Waals surface area contributed by atoms with Gasteiger partial charge in [0.2, 0.25) is 0 Å². The molecule has 1 aliphatic heterocycles. The molecule has 0 N–H and O–H groups in total. The summed E-state index contributed by atoms with van der Waals surface area (Å²) in [5.41, 5.74) is 0. The van der Waals surface area contributed by atoms with Crippen LogP contribution in [-0.2, 0) is 0 Å². The van der Waals surface area contributed by atoms with E-state index in [0.717, 1.165) is 6.67 Å². The zero-order valence-corrected chi connectivity index (χ0v) is 12.8. The predicted molar refractivity (Wildman–Crippen MR) is 84.6 cm³/mol. The van der Waals surface area contributed by atoms with Crippen molar-refractivity contribution >= 4 is 0 Å². The highest BCUT2D eigenvalue weighted by atomic mass is 15.3. The Bertz CT molecular complexity index is 248. The van der Waals surface area contributed by atoms with Crippen molar-refractivity contribution in [2.24, 2.45) is 0 Å². The second-order valence-electron chi connectivity index (χ2n) is 5.63. The molecule has 1 aliphatic rings. The third kappa shape index (κ3) is 7.97. The minimum absolute atomic E-state index is 0.987. The zero-order valence-electron chi connectivity index (χ0n) is 12.8. The third-order valence-corrected chi connectivity index (χ3v) is 3.85. The molecule has 19 heavy (non-hydrogen) atoms. The number of unbranched alkanes of at least 4 members (excludes halogenated alkanes) is 9. The minimum Gasteiger partial charge on any atom is -0.358 e. The lowest BCUT2D eigenvalue weighted by Gasteiger charge is -2.18. The maximum Gasteiger partial charge on any atom is 0.0935 e. The smallest absolute Gasteiger partial charge is 0.0935 e. The topological polar surface area (TPSA) is 6.48 Å². The van der Waals surface area contributed by atoms with Crippen LogP contribution in [-0.4, -0.2) is 23.0 Å². The fourth-order valence-corrected chi connectivity index (χ4v) is 2.55. The van der Waals surface area contributed by atoms with E-state index in [1.54, 1.807) is 0 Å². The summed E-state index contributed by atoms with van der Waals surface area (Å²) in [5, 5.41) is 0. The average Bonchev–Trinajstić information content (AvgIpc) is 2.89. The van der Waals surface area contributed by atoms with E-state index in [-0.39, 0.29) is 0 Å². The summed E-state index contributed by atoms with van der Waals surface area (Å²) in [6.07, 6.45) is 20.3. The molecule has 0 spiro atoms. The molecule has 1 rings (SSSR count). The standard InChI is InChI=1S/C17H32N2/c1-3-5-6-7-8-9-10-11-12-13-14-19-16-15-18(4-2)17-19/h4,15-16H,2-3,5-14,17H2,1H3. The van der Waals surface area contributed by atoms with Crippen molar-refractivity contribution in [2.45, 2.75) is 71.1 Å². The van der Waals surface area contributed by atoms with Gasteiger partial charge in [-0.1, -0.05) is 71.3 Å². The molecule has 0 aromatic carbocycles. The summed E-state index contributed by atoms with van der Waals surface area (Å²) >= 11 is 0. The lowest BCUT2D eigenvalue weighted by atomic mass is 10.1. The Balaban J connectivity index is 1.79. The molecule has 0 atom stereocenters. The molecule has 2 heteroatoms. The van der Waals surface area contributed by atoms with Crippen molar-refractivity contribution in [2.75, 3.05) is 13.2 Å². The van der Waals surface area contributed by atoms with Crippen LogP contribution in [0.5, 0.6) is 0 Å². The first-order chi connectivity index (χ1) is 9.36. The van der Waals surface area contributed by atoms with Gasteiger partial charge in [0.25, 0.3) is 0 Å². The number of hydrogen-bond donors (Lipinski definition) is 0. The van der Waals surface area contributed by atoms with Crippen LogP contribution in [0.4, 0.5) is 0 Å². The second kappa shape index (κ2) is 11.0. The van der Waals surface area contributed by atoms with Gasteiger partial charge >= 0.3 is 0 Å². The Kier molecular flexibility index (Phi) is 9.30. The Morgan fingerprint density at radius 1 is 0.895 bits per heavy atom. The molecule has 110 valence electrons. The maximum absolute atomic E-state index is 3.78. The van der Waals surface area contributed by atoms with E-state index < -0.39 is 0 Å². The van der Waals surface area contributed by atoms with Crippen LogP contribution in [0, 0.1) is 0 Å². The lowest BCUT2D eigenvalue weighted by molar-refractivity contribution is 0.307. The summed E-state index contributed by atoms with van der Waals surface area (Å²) in [7, 11) is 0. The van der Waals surface area contributed by atoms with Crippen LogP contribution >= 0.6 is 0 Å². The molecule has 0 bridgehead atoms. The first kappa shape index (κ1) is 16.1. The van der Waals surface area contributed by atoms with Gasteiger partial charge in [0.05, 0.1) is 6.67 Å².